The molecule has 0 bridgehead atoms. The van der Waals surface area contributed by atoms with Gasteiger partial charge in [0.15, 0.2) is 11.5 Å². The van der Waals surface area contributed by atoms with Crippen LogP contribution in [-0.4, -0.2) is 37.7 Å². The van der Waals surface area contributed by atoms with Crippen LogP contribution in [0, 0.1) is 0 Å². The number of hydrogen-bond acceptors (Lipinski definition) is 6. The molecule has 0 aromatic heterocycles. The van der Waals surface area contributed by atoms with Gasteiger partial charge in [0, 0.05) is 0 Å². The Morgan fingerprint density at radius 1 is 0.943 bits per heavy atom. The van der Waals surface area contributed by atoms with Crippen LogP contribution in [0.1, 0.15) is 45.6 Å². The first-order valence-corrected chi connectivity index (χ1v) is 12.0. The zero-order chi connectivity index (χ0) is 25.4. The van der Waals surface area contributed by atoms with E-state index in [1.54, 1.807) is 36.4 Å². The fourth-order valence-electron chi connectivity index (χ4n) is 3.36. The van der Waals surface area contributed by atoms with E-state index in [1.807, 2.05) is 13.8 Å². The Hall–Kier alpha value is -3.52. The van der Waals surface area contributed by atoms with Crippen LogP contribution in [0.4, 0.5) is 10.5 Å². The summed E-state index contributed by atoms with van der Waals surface area (Å²) in [4.78, 5) is 39.2. The average molecular weight is 501 g/mol. The molecule has 1 aliphatic heterocycles. The third-order valence-electron chi connectivity index (χ3n) is 5.06. The highest BCUT2D eigenvalue weighted by Crippen LogP contribution is 2.37. The van der Waals surface area contributed by atoms with Crippen molar-refractivity contribution in [1.29, 1.82) is 0 Å². The minimum atomic E-state index is -0.826. The van der Waals surface area contributed by atoms with Crippen molar-refractivity contribution in [2.45, 2.75) is 40.0 Å². The number of unbranched alkanes of at least 4 members (excludes halogenated alkanes) is 1. The molecular formula is C26H29ClN2O6. The van der Waals surface area contributed by atoms with Gasteiger partial charge in [0.2, 0.25) is 0 Å². The fraction of sp³-hybridized carbons (Fsp3) is 0.346. The smallest absolute Gasteiger partial charge is 0.335 e. The highest BCUT2D eigenvalue weighted by atomic mass is 35.5. The van der Waals surface area contributed by atoms with E-state index < -0.39 is 17.8 Å². The molecule has 3 rings (SSSR count). The molecule has 35 heavy (non-hydrogen) atoms. The molecule has 1 saturated heterocycles. The third kappa shape index (κ3) is 6.33. The van der Waals surface area contributed by atoms with E-state index in [0.29, 0.717) is 48.3 Å². The van der Waals surface area contributed by atoms with E-state index in [-0.39, 0.29) is 10.6 Å². The predicted octanol–water partition coefficient (Wildman–Crippen LogP) is 5.37. The van der Waals surface area contributed by atoms with E-state index in [2.05, 4.69) is 12.2 Å². The van der Waals surface area contributed by atoms with Crippen LogP contribution in [0.3, 0.4) is 0 Å². The number of benzene rings is 2. The lowest BCUT2D eigenvalue weighted by Gasteiger charge is -2.26. The van der Waals surface area contributed by atoms with Gasteiger partial charge < -0.3 is 14.2 Å². The SMILES string of the molecule is CCCCOc1ccc(N2C(=O)NC(=O)/C(=C/c3cc(Cl)c(OCCC)c(OCC)c3)C2=O)cc1. The van der Waals surface area contributed by atoms with Gasteiger partial charge in [0.05, 0.1) is 30.5 Å². The van der Waals surface area contributed by atoms with Gasteiger partial charge in [0.1, 0.15) is 11.3 Å². The third-order valence-corrected chi connectivity index (χ3v) is 5.34. The second-order valence-electron chi connectivity index (χ2n) is 7.77. The molecule has 2 aromatic carbocycles. The Kier molecular flexibility index (Phi) is 9.14. The molecule has 186 valence electrons. The van der Waals surface area contributed by atoms with E-state index in [0.717, 1.165) is 24.2 Å². The lowest BCUT2D eigenvalue weighted by atomic mass is 10.1. The number of urea groups is 1. The summed E-state index contributed by atoms with van der Waals surface area (Å²) in [6.45, 7) is 7.28. The Morgan fingerprint density at radius 3 is 2.34 bits per heavy atom. The summed E-state index contributed by atoms with van der Waals surface area (Å²) < 4.78 is 17.0. The summed E-state index contributed by atoms with van der Waals surface area (Å²) in [6.07, 6.45) is 4.09. The number of barbiturate groups is 1. The standard InChI is InChI=1S/C26H29ClN2O6/c1-4-7-13-34-19-10-8-18(9-11-19)29-25(31)20(24(30)28-26(29)32)14-17-15-21(27)23(35-12-5-2)22(16-17)33-6-3/h8-11,14-16H,4-7,12-13H2,1-3H3,(H,28,30,32)/b20-14-. The lowest BCUT2D eigenvalue weighted by molar-refractivity contribution is -0.122. The van der Waals surface area contributed by atoms with Crippen molar-refractivity contribution in [3.8, 4) is 17.2 Å². The van der Waals surface area contributed by atoms with Crippen LogP contribution < -0.4 is 24.4 Å². The van der Waals surface area contributed by atoms with Gasteiger partial charge in [0.25, 0.3) is 11.8 Å². The Labute approximate surface area is 209 Å². The molecule has 1 heterocycles. The molecule has 0 saturated carbocycles. The van der Waals surface area contributed by atoms with Gasteiger partial charge in [-0.3, -0.25) is 14.9 Å². The van der Waals surface area contributed by atoms with Gasteiger partial charge >= 0.3 is 6.03 Å². The van der Waals surface area contributed by atoms with Crippen LogP contribution in [0.15, 0.2) is 42.0 Å². The molecule has 2 aromatic rings. The molecule has 0 aliphatic carbocycles. The number of nitrogens with zero attached hydrogens (tertiary/aromatic N) is 1. The predicted molar refractivity (Wildman–Crippen MR) is 134 cm³/mol. The number of halogens is 1. The molecule has 1 N–H and O–H groups in total. The maximum Gasteiger partial charge on any atom is 0.335 e. The maximum atomic E-state index is 13.2. The van der Waals surface area contributed by atoms with Crippen LogP contribution >= 0.6 is 11.6 Å². The summed E-state index contributed by atoms with van der Waals surface area (Å²) >= 11 is 6.41. The summed E-state index contributed by atoms with van der Waals surface area (Å²) in [5, 5.41) is 2.50. The molecule has 4 amide bonds. The zero-order valence-electron chi connectivity index (χ0n) is 20.1. The number of carbonyl (C=O) groups excluding carboxylic acids is 3. The van der Waals surface area contributed by atoms with Gasteiger partial charge in [-0.05, 0) is 67.8 Å². The maximum absolute atomic E-state index is 13.2. The number of amides is 4. The van der Waals surface area contributed by atoms with Crippen LogP contribution in [-0.2, 0) is 9.59 Å². The number of nitrogens with one attached hydrogen (secondary N) is 1. The molecule has 0 atom stereocenters. The molecule has 0 spiro atoms. The Balaban J connectivity index is 1.90. The second-order valence-corrected chi connectivity index (χ2v) is 8.17. The number of rotatable bonds is 11. The van der Waals surface area contributed by atoms with Crippen LogP contribution in [0.2, 0.25) is 5.02 Å². The second kappa shape index (κ2) is 12.3. The van der Waals surface area contributed by atoms with Crippen molar-refractivity contribution in [3.63, 3.8) is 0 Å². The van der Waals surface area contributed by atoms with Gasteiger partial charge in [-0.15, -0.1) is 0 Å². The Morgan fingerprint density at radius 2 is 1.69 bits per heavy atom. The van der Waals surface area contributed by atoms with Crippen molar-refractivity contribution < 1.29 is 28.6 Å². The van der Waals surface area contributed by atoms with Crippen LogP contribution in [0.5, 0.6) is 17.2 Å². The number of carbonyl (C=O) groups is 3. The number of imide groups is 2. The summed E-state index contributed by atoms with van der Waals surface area (Å²) in [6, 6.07) is 8.92. The first-order valence-electron chi connectivity index (χ1n) is 11.6. The van der Waals surface area contributed by atoms with E-state index in [4.69, 9.17) is 25.8 Å². The number of anilines is 1. The molecule has 1 fully saturated rings. The summed E-state index contributed by atoms with van der Waals surface area (Å²) in [7, 11) is 0. The Bertz CT molecular complexity index is 1110. The zero-order valence-corrected chi connectivity index (χ0v) is 20.8. The molecule has 9 heteroatoms. The molecule has 1 aliphatic rings. The van der Waals surface area contributed by atoms with Crippen LogP contribution in [0.25, 0.3) is 6.08 Å². The summed E-state index contributed by atoms with van der Waals surface area (Å²) in [5.41, 5.74) is 0.550. The van der Waals surface area contributed by atoms with Crippen molar-refractivity contribution in [2.24, 2.45) is 0 Å². The highest BCUT2D eigenvalue weighted by Gasteiger charge is 2.37. The van der Waals surface area contributed by atoms with Gasteiger partial charge in [-0.25, -0.2) is 9.69 Å². The lowest BCUT2D eigenvalue weighted by Crippen LogP contribution is -2.54. The first kappa shape index (κ1) is 26.1. The molecule has 8 nitrogen and oxygen atoms in total. The number of hydrogen-bond donors (Lipinski definition) is 1. The topological polar surface area (TPSA) is 94.2 Å². The van der Waals surface area contributed by atoms with Crippen molar-refractivity contribution in [3.05, 3.63) is 52.6 Å². The normalized spacial score (nSPS) is 14.8. The van der Waals surface area contributed by atoms with E-state index in [1.165, 1.54) is 6.08 Å². The molecular weight excluding hydrogens is 472 g/mol. The quantitative estimate of drug-likeness (QED) is 0.253. The number of ether oxygens (including phenoxy) is 3. The van der Waals surface area contributed by atoms with Crippen molar-refractivity contribution in [1.82, 2.24) is 5.32 Å². The minimum Gasteiger partial charge on any atom is -0.494 e. The summed E-state index contributed by atoms with van der Waals surface area (Å²) in [5.74, 6) is -0.122. The highest BCUT2D eigenvalue weighted by molar-refractivity contribution is 6.39. The average Bonchev–Trinajstić information content (AvgIpc) is 2.82. The van der Waals surface area contributed by atoms with Gasteiger partial charge in [-0.1, -0.05) is 31.9 Å². The largest absolute Gasteiger partial charge is 0.494 e. The van der Waals surface area contributed by atoms with E-state index >= 15 is 0 Å². The van der Waals surface area contributed by atoms with Gasteiger partial charge in [-0.2, -0.15) is 0 Å². The molecule has 0 radical (unpaired) electrons. The minimum absolute atomic E-state index is 0.214. The fourth-order valence-corrected chi connectivity index (χ4v) is 3.64. The monoisotopic (exact) mass is 500 g/mol. The molecule has 0 unspecified atom stereocenters. The van der Waals surface area contributed by atoms with Crippen molar-refractivity contribution >= 4 is 41.2 Å². The van der Waals surface area contributed by atoms with E-state index in [9.17, 15) is 14.4 Å². The first-order chi connectivity index (χ1) is 16.9. The van der Waals surface area contributed by atoms with Crippen molar-refractivity contribution in [2.75, 3.05) is 24.7 Å².